The van der Waals surface area contributed by atoms with Crippen LogP contribution in [0, 0.1) is 0 Å². The zero-order valence-electron chi connectivity index (χ0n) is 15.6. The summed E-state index contributed by atoms with van der Waals surface area (Å²) in [7, 11) is -3.54. The standard InChI is InChI=1S/C20H21N3O3S2/c1-3-23(4-2)28(25,26)17-12-10-16(11-13-17)19(24)22-20-21-18(14-27-20)15-8-6-5-7-9-15/h5-14H,3-4H2,1-2H3,(H,21,22,24). The van der Waals surface area contributed by atoms with Gasteiger partial charge in [0, 0.05) is 29.6 Å². The molecule has 0 spiro atoms. The van der Waals surface area contributed by atoms with Gasteiger partial charge in [-0.1, -0.05) is 44.2 Å². The van der Waals surface area contributed by atoms with E-state index in [1.54, 1.807) is 13.8 Å². The normalized spacial score (nSPS) is 11.5. The van der Waals surface area contributed by atoms with E-state index in [1.807, 2.05) is 35.7 Å². The molecule has 28 heavy (non-hydrogen) atoms. The Kier molecular flexibility index (Phi) is 6.23. The fraction of sp³-hybridized carbons (Fsp3) is 0.200. The minimum absolute atomic E-state index is 0.174. The van der Waals surface area contributed by atoms with Crippen LogP contribution in [-0.4, -0.2) is 36.7 Å². The van der Waals surface area contributed by atoms with Gasteiger partial charge in [-0.3, -0.25) is 10.1 Å². The molecule has 0 aliphatic rings. The van der Waals surface area contributed by atoms with Crippen molar-refractivity contribution in [1.82, 2.24) is 9.29 Å². The Balaban J connectivity index is 1.73. The first kappa shape index (κ1) is 20.2. The first-order chi connectivity index (χ1) is 13.5. The molecule has 2 aromatic carbocycles. The predicted octanol–water partition coefficient (Wildman–Crippen LogP) is 4.09. The lowest BCUT2D eigenvalue weighted by atomic mass is 10.2. The molecular formula is C20H21N3O3S2. The van der Waals surface area contributed by atoms with Crippen molar-refractivity contribution in [2.75, 3.05) is 18.4 Å². The van der Waals surface area contributed by atoms with Crippen LogP contribution in [0.3, 0.4) is 0 Å². The van der Waals surface area contributed by atoms with E-state index in [-0.39, 0.29) is 10.8 Å². The Labute approximate surface area is 168 Å². The molecule has 8 heteroatoms. The van der Waals surface area contributed by atoms with Gasteiger partial charge in [-0.2, -0.15) is 4.31 Å². The zero-order chi connectivity index (χ0) is 20.1. The Morgan fingerprint density at radius 3 is 2.29 bits per heavy atom. The largest absolute Gasteiger partial charge is 0.298 e. The number of carbonyl (C=O) groups excluding carboxylic acids is 1. The number of hydrogen-bond acceptors (Lipinski definition) is 5. The Bertz CT molecular complexity index is 1040. The van der Waals surface area contributed by atoms with Gasteiger partial charge in [0.25, 0.3) is 5.91 Å². The molecule has 0 aliphatic carbocycles. The minimum atomic E-state index is -3.54. The van der Waals surface area contributed by atoms with Gasteiger partial charge in [0.15, 0.2) is 5.13 Å². The summed E-state index contributed by atoms with van der Waals surface area (Å²) >= 11 is 1.34. The molecule has 1 heterocycles. The number of nitrogens with one attached hydrogen (secondary N) is 1. The van der Waals surface area contributed by atoms with E-state index in [0.717, 1.165) is 11.3 Å². The van der Waals surface area contributed by atoms with Crippen LogP contribution in [0.4, 0.5) is 5.13 Å². The van der Waals surface area contributed by atoms with Crippen molar-refractivity contribution in [3.8, 4) is 11.3 Å². The van der Waals surface area contributed by atoms with Crippen molar-refractivity contribution in [3.63, 3.8) is 0 Å². The molecule has 1 amide bonds. The Hall–Kier alpha value is -2.55. The number of anilines is 1. The molecule has 0 fully saturated rings. The second kappa shape index (κ2) is 8.64. The second-order valence-electron chi connectivity index (χ2n) is 5.97. The summed E-state index contributed by atoms with van der Waals surface area (Å²) in [6.07, 6.45) is 0. The molecule has 0 unspecified atom stereocenters. The van der Waals surface area contributed by atoms with Gasteiger partial charge in [-0.15, -0.1) is 11.3 Å². The maximum atomic E-state index is 12.5. The van der Waals surface area contributed by atoms with Crippen LogP contribution in [0.15, 0.2) is 64.9 Å². The molecule has 0 saturated carbocycles. The van der Waals surface area contributed by atoms with Crippen LogP contribution >= 0.6 is 11.3 Å². The Morgan fingerprint density at radius 1 is 1.04 bits per heavy atom. The van der Waals surface area contributed by atoms with E-state index in [9.17, 15) is 13.2 Å². The van der Waals surface area contributed by atoms with Crippen LogP contribution in [0.25, 0.3) is 11.3 Å². The molecule has 3 aromatic rings. The fourth-order valence-electron chi connectivity index (χ4n) is 2.73. The number of thiazole rings is 1. The van der Waals surface area contributed by atoms with Crippen LogP contribution in [0.1, 0.15) is 24.2 Å². The minimum Gasteiger partial charge on any atom is -0.298 e. The van der Waals surface area contributed by atoms with E-state index < -0.39 is 10.0 Å². The van der Waals surface area contributed by atoms with E-state index in [1.165, 1.54) is 39.9 Å². The summed E-state index contributed by atoms with van der Waals surface area (Å²) in [5.74, 6) is -0.333. The van der Waals surface area contributed by atoms with Crippen molar-refractivity contribution in [3.05, 3.63) is 65.5 Å². The highest BCUT2D eigenvalue weighted by atomic mass is 32.2. The summed E-state index contributed by atoms with van der Waals surface area (Å²) in [4.78, 5) is 17.1. The van der Waals surface area contributed by atoms with E-state index >= 15 is 0 Å². The number of rotatable bonds is 7. The smallest absolute Gasteiger partial charge is 0.257 e. The number of hydrogen-bond donors (Lipinski definition) is 1. The average Bonchev–Trinajstić information content (AvgIpc) is 3.18. The van der Waals surface area contributed by atoms with Crippen molar-refractivity contribution < 1.29 is 13.2 Å². The van der Waals surface area contributed by atoms with E-state index in [2.05, 4.69) is 10.3 Å². The maximum absolute atomic E-state index is 12.5. The lowest BCUT2D eigenvalue weighted by molar-refractivity contribution is 0.102. The number of amides is 1. The summed E-state index contributed by atoms with van der Waals surface area (Å²) < 4.78 is 26.4. The number of benzene rings is 2. The van der Waals surface area contributed by atoms with Crippen molar-refractivity contribution >= 4 is 32.4 Å². The van der Waals surface area contributed by atoms with Gasteiger partial charge in [0.2, 0.25) is 10.0 Å². The summed E-state index contributed by atoms with van der Waals surface area (Å²) in [5.41, 5.74) is 2.14. The van der Waals surface area contributed by atoms with Crippen LogP contribution in [0.2, 0.25) is 0 Å². The molecule has 6 nitrogen and oxygen atoms in total. The van der Waals surface area contributed by atoms with Crippen LogP contribution < -0.4 is 5.32 Å². The monoisotopic (exact) mass is 415 g/mol. The molecule has 0 atom stereocenters. The third kappa shape index (κ3) is 4.30. The lowest BCUT2D eigenvalue weighted by Crippen LogP contribution is -2.30. The highest BCUT2D eigenvalue weighted by molar-refractivity contribution is 7.89. The summed E-state index contributed by atoms with van der Waals surface area (Å²) in [5, 5.41) is 5.13. The van der Waals surface area contributed by atoms with Crippen LogP contribution in [-0.2, 0) is 10.0 Å². The molecule has 3 rings (SSSR count). The molecular weight excluding hydrogens is 394 g/mol. The second-order valence-corrected chi connectivity index (χ2v) is 8.77. The first-order valence-corrected chi connectivity index (χ1v) is 11.2. The molecule has 0 bridgehead atoms. The first-order valence-electron chi connectivity index (χ1n) is 8.88. The van der Waals surface area contributed by atoms with E-state index in [4.69, 9.17) is 0 Å². The predicted molar refractivity (Wildman–Crippen MR) is 112 cm³/mol. The van der Waals surface area contributed by atoms with E-state index in [0.29, 0.717) is 23.8 Å². The third-order valence-corrected chi connectivity index (χ3v) is 7.08. The molecule has 0 aliphatic heterocycles. The average molecular weight is 416 g/mol. The highest BCUT2D eigenvalue weighted by Crippen LogP contribution is 2.25. The maximum Gasteiger partial charge on any atom is 0.257 e. The number of carbonyl (C=O) groups is 1. The number of aromatic nitrogens is 1. The lowest BCUT2D eigenvalue weighted by Gasteiger charge is -2.18. The topological polar surface area (TPSA) is 79.4 Å². The van der Waals surface area contributed by atoms with Crippen molar-refractivity contribution in [2.45, 2.75) is 18.7 Å². The quantitative estimate of drug-likeness (QED) is 0.630. The van der Waals surface area contributed by atoms with Crippen molar-refractivity contribution in [2.24, 2.45) is 0 Å². The number of nitrogens with zero attached hydrogens (tertiary/aromatic N) is 2. The zero-order valence-corrected chi connectivity index (χ0v) is 17.3. The number of sulfonamides is 1. The van der Waals surface area contributed by atoms with Crippen LogP contribution in [0.5, 0.6) is 0 Å². The van der Waals surface area contributed by atoms with Gasteiger partial charge in [0.05, 0.1) is 10.6 Å². The van der Waals surface area contributed by atoms with Crippen molar-refractivity contribution in [1.29, 1.82) is 0 Å². The van der Waals surface area contributed by atoms with Gasteiger partial charge >= 0.3 is 0 Å². The Morgan fingerprint density at radius 2 is 1.68 bits per heavy atom. The molecule has 0 radical (unpaired) electrons. The molecule has 1 N–H and O–H groups in total. The SMILES string of the molecule is CCN(CC)S(=O)(=O)c1ccc(C(=O)Nc2nc(-c3ccccc3)cs2)cc1. The van der Waals surface area contributed by atoms with Gasteiger partial charge < -0.3 is 0 Å². The highest BCUT2D eigenvalue weighted by Gasteiger charge is 2.21. The van der Waals surface area contributed by atoms with Gasteiger partial charge in [0.1, 0.15) is 0 Å². The molecule has 1 aromatic heterocycles. The van der Waals surface area contributed by atoms with Gasteiger partial charge in [-0.25, -0.2) is 13.4 Å². The molecule has 146 valence electrons. The summed E-state index contributed by atoms with van der Waals surface area (Å²) in [6, 6.07) is 15.6. The molecule has 0 saturated heterocycles. The van der Waals surface area contributed by atoms with Gasteiger partial charge in [-0.05, 0) is 24.3 Å². The fourth-order valence-corrected chi connectivity index (χ4v) is 4.91. The third-order valence-electron chi connectivity index (χ3n) is 4.25. The summed E-state index contributed by atoms with van der Waals surface area (Å²) in [6.45, 7) is 4.38.